The van der Waals surface area contributed by atoms with Crippen LogP contribution >= 0.6 is 0 Å². The fourth-order valence-corrected chi connectivity index (χ4v) is 0.851. The molecule has 0 saturated carbocycles. The third kappa shape index (κ3) is 9.92. The van der Waals surface area contributed by atoms with Gasteiger partial charge in [-0.3, -0.25) is 0 Å². The summed E-state index contributed by atoms with van der Waals surface area (Å²) in [5, 5.41) is 3.11. The van der Waals surface area contributed by atoms with Gasteiger partial charge in [0.1, 0.15) is 0 Å². The van der Waals surface area contributed by atoms with Crippen molar-refractivity contribution in [1.29, 1.82) is 0 Å². The molecule has 0 fully saturated rings. The van der Waals surface area contributed by atoms with Crippen molar-refractivity contribution in [1.82, 2.24) is 5.32 Å². The third-order valence-electron chi connectivity index (χ3n) is 1.87. The van der Waals surface area contributed by atoms with E-state index in [9.17, 15) is 0 Å². The van der Waals surface area contributed by atoms with Crippen LogP contribution in [0.25, 0.3) is 0 Å². The molecule has 86 valence electrons. The second-order valence-electron chi connectivity index (χ2n) is 3.22. The first-order valence-electron chi connectivity index (χ1n) is 5.13. The first-order valence-corrected chi connectivity index (χ1v) is 5.13. The first-order chi connectivity index (χ1) is 6.81. The molecule has 0 heterocycles. The van der Waals surface area contributed by atoms with Gasteiger partial charge in [-0.1, -0.05) is 0 Å². The fourth-order valence-electron chi connectivity index (χ4n) is 0.851. The molecule has 0 aromatic rings. The zero-order chi connectivity index (χ0) is 10.6. The first kappa shape index (κ1) is 13.8. The van der Waals surface area contributed by atoms with Gasteiger partial charge in [0.2, 0.25) is 0 Å². The zero-order valence-electron chi connectivity index (χ0n) is 9.54. The van der Waals surface area contributed by atoms with Crippen LogP contribution < -0.4 is 5.32 Å². The van der Waals surface area contributed by atoms with Crippen LogP contribution in [-0.2, 0) is 14.2 Å². The van der Waals surface area contributed by atoms with Crippen LogP contribution in [0, 0.1) is 0 Å². The van der Waals surface area contributed by atoms with Gasteiger partial charge in [-0.25, -0.2) is 0 Å². The number of hydrogen-bond acceptors (Lipinski definition) is 4. The van der Waals surface area contributed by atoms with E-state index >= 15 is 0 Å². The molecule has 4 nitrogen and oxygen atoms in total. The van der Waals surface area contributed by atoms with Gasteiger partial charge in [-0.15, -0.1) is 0 Å². The summed E-state index contributed by atoms with van der Waals surface area (Å²) in [6.07, 6.45) is 0.945. The molecule has 0 aromatic heterocycles. The van der Waals surface area contributed by atoms with Crippen LogP contribution in [0.1, 0.15) is 13.3 Å². The number of likely N-dealkylation sites (N-methyl/N-ethyl adjacent to an activating group) is 1. The zero-order valence-corrected chi connectivity index (χ0v) is 9.54. The molecule has 4 heteroatoms. The van der Waals surface area contributed by atoms with Crippen LogP contribution in [0.2, 0.25) is 0 Å². The van der Waals surface area contributed by atoms with E-state index in [-0.39, 0.29) is 0 Å². The molecule has 0 aliphatic heterocycles. The van der Waals surface area contributed by atoms with Gasteiger partial charge >= 0.3 is 0 Å². The molecule has 0 rings (SSSR count). The average molecular weight is 205 g/mol. The van der Waals surface area contributed by atoms with E-state index in [1.165, 1.54) is 0 Å². The second-order valence-corrected chi connectivity index (χ2v) is 3.22. The normalized spacial score (nSPS) is 13.1. The van der Waals surface area contributed by atoms with Gasteiger partial charge in [-0.2, -0.15) is 0 Å². The number of nitrogens with one attached hydrogen (secondary N) is 1. The lowest BCUT2D eigenvalue weighted by Crippen LogP contribution is -2.26. The molecule has 14 heavy (non-hydrogen) atoms. The number of methoxy groups -OCH3 is 1. The molecule has 0 aliphatic rings. The quantitative estimate of drug-likeness (QED) is 0.532. The molecule has 0 aliphatic carbocycles. The maximum atomic E-state index is 5.42. The van der Waals surface area contributed by atoms with Gasteiger partial charge in [0.05, 0.1) is 19.8 Å². The summed E-state index contributed by atoms with van der Waals surface area (Å²) in [5.74, 6) is 0. The minimum atomic E-state index is 0.421. The lowest BCUT2D eigenvalue weighted by molar-refractivity contribution is 0.0487. The summed E-state index contributed by atoms with van der Waals surface area (Å²) in [6.45, 7) is 5.70. The highest BCUT2D eigenvalue weighted by molar-refractivity contribution is 4.53. The summed E-state index contributed by atoms with van der Waals surface area (Å²) >= 11 is 0. The number of ether oxygens (including phenoxy) is 3. The van der Waals surface area contributed by atoms with E-state index in [2.05, 4.69) is 12.2 Å². The van der Waals surface area contributed by atoms with Crippen molar-refractivity contribution in [3.05, 3.63) is 0 Å². The summed E-state index contributed by atoms with van der Waals surface area (Å²) in [7, 11) is 3.60. The molecule has 1 N–H and O–H groups in total. The van der Waals surface area contributed by atoms with E-state index in [0.717, 1.165) is 26.2 Å². The second kappa shape index (κ2) is 10.9. The summed E-state index contributed by atoms with van der Waals surface area (Å²) in [4.78, 5) is 0. The van der Waals surface area contributed by atoms with E-state index < -0.39 is 0 Å². The van der Waals surface area contributed by atoms with Gasteiger partial charge in [-0.05, 0) is 20.4 Å². The predicted molar refractivity (Wildman–Crippen MR) is 56.7 cm³/mol. The average Bonchev–Trinajstić information content (AvgIpc) is 2.21. The third-order valence-corrected chi connectivity index (χ3v) is 1.87. The number of rotatable bonds is 10. The Labute approximate surface area is 86.9 Å². The fraction of sp³-hybridized carbons (Fsp3) is 1.00. The Morgan fingerprint density at radius 2 is 1.79 bits per heavy atom. The lowest BCUT2D eigenvalue weighted by Gasteiger charge is -2.10. The molecule has 0 amide bonds. The standard InChI is InChI=1S/C10H23NO3/c1-10(11-2)9-14-6-4-5-13-8-7-12-3/h10-11H,4-9H2,1-3H3. The Morgan fingerprint density at radius 1 is 1.07 bits per heavy atom. The van der Waals surface area contributed by atoms with Gasteiger partial charge in [0.25, 0.3) is 0 Å². The van der Waals surface area contributed by atoms with Crippen molar-refractivity contribution in [3.8, 4) is 0 Å². The van der Waals surface area contributed by atoms with Crippen molar-refractivity contribution in [2.45, 2.75) is 19.4 Å². The van der Waals surface area contributed by atoms with E-state index in [4.69, 9.17) is 14.2 Å². The van der Waals surface area contributed by atoms with Crippen molar-refractivity contribution in [3.63, 3.8) is 0 Å². The van der Waals surface area contributed by atoms with Crippen LogP contribution in [0.4, 0.5) is 0 Å². The van der Waals surface area contributed by atoms with Crippen LogP contribution in [0.15, 0.2) is 0 Å². The highest BCUT2D eigenvalue weighted by Gasteiger charge is 1.96. The van der Waals surface area contributed by atoms with Crippen molar-refractivity contribution in [2.75, 3.05) is 47.2 Å². The Balaban J connectivity index is 2.92. The summed E-state index contributed by atoms with van der Waals surface area (Å²) in [5.41, 5.74) is 0. The maximum Gasteiger partial charge on any atom is 0.0700 e. The van der Waals surface area contributed by atoms with Crippen molar-refractivity contribution >= 4 is 0 Å². The minimum Gasteiger partial charge on any atom is -0.382 e. The molecule has 0 spiro atoms. The van der Waals surface area contributed by atoms with Crippen LogP contribution in [0.5, 0.6) is 0 Å². The molecule has 0 radical (unpaired) electrons. The largest absolute Gasteiger partial charge is 0.382 e. The number of hydrogen-bond donors (Lipinski definition) is 1. The van der Waals surface area contributed by atoms with Gasteiger partial charge in [0.15, 0.2) is 0 Å². The van der Waals surface area contributed by atoms with Crippen LogP contribution in [-0.4, -0.2) is 53.2 Å². The molecule has 0 aromatic carbocycles. The molecule has 0 saturated heterocycles. The van der Waals surface area contributed by atoms with E-state index in [1.807, 2.05) is 7.05 Å². The Hall–Kier alpha value is -0.160. The lowest BCUT2D eigenvalue weighted by atomic mass is 10.4. The van der Waals surface area contributed by atoms with Gasteiger partial charge < -0.3 is 19.5 Å². The van der Waals surface area contributed by atoms with E-state index in [1.54, 1.807) is 7.11 Å². The molecular weight excluding hydrogens is 182 g/mol. The van der Waals surface area contributed by atoms with E-state index in [0.29, 0.717) is 19.3 Å². The minimum absolute atomic E-state index is 0.421. The smallest absolute Gasteiger partial charge is 0.0700 e. The molecule has 1 atom stereocenters. The molecule has 0 bridgehead atoms. The molecule has 1 unspecified atom stereocenters. The van der Waals surface area contributed by atoms with Crippen molar-refractivity contribution in [2.24, 2.45) is 0 Å². The summed E-state index contributed by atoms with van der Waals surface area (Å²) in [6, 6.07) is 0.421. The highest BCUT2D eigenvalue weighted by Crippen LogP contribution is 1.88. The van der Waals surface area contributed by atoms with Crippen LogP contribution in [0.3, 0.4) is 0 Å². The maximum absolute atomic E-state index is 5.42. The SMILES string of the molecule is CNC(C)COCCCOCCOC. The van der Waals surface area contributed by atoms with Crippen molar-refractivity contribution < 1.29 is 14.2 Å². The molecular formula is C10H23NO3. The summed E-state index contributed by atoms with van der Waals surface area (Å²) < 4.78 is 15.6. The monoisotopic (exact) mass is 205 g/mol. The highest BCUT2D eigenvalue weighted by atomic mass is 16.5. The Bertz CT molecular complexity index is 112. The Morgan fingerprint density at radius 3 is 2.43 bits per heavy atom. The Kier molecular flexibility index (Phi) is 10.8. The van der Waals surface area contributed by atoms with Gasteiger partial charge in [0, 0.05) is 26.4 Å². The predicted octanol–water partition coefficient (Wildman–Crippen LogP) is 0.664. The topological polar surface area (TPSA) is 39.7 Å².